The molecule has 2 rings (SSSR count). The lowest BCUT2D eigenvalue weighted by atomic mass is 10.0. The summed E-state index contributed by atoms with van der Waals surface area (Å²) in [6.07, 6.45) is 0. The predicted octanol–water partition coefficient (Wildman–Crippen LogP) is 3.11. The van der Waals surface area contributed by atoms with E-state index in [4.69, 9.17) is 0 Å². The normalized spacial score (nSPS) is 12.9. The van der Waals surface area contributed by atoms with Crippen LogP contribution in [0.15, 0.2) is 24.3 Å². The van der Waals surface area contributed by atoms with Gasteiger partial charge >= 0.3 is 0 Å². The van der Waals surface area contributed by atoms with Crippen LogP contribution in [0, 0.1) is 18.7 Å². The van der Waals surface area contributed by atoms with Gasteiger partial charge in [0.1, 0.15) is 5.82 Å². The average Bonchev–Trinajstić information content (AvgIpc) is 2.35. The SMILES string of the molecule is Cc1cc(N[C@H](CO)C(C)C)c2cc(F)ccc2n1. The largest absolute Gasteiger partial charge is 0.394 e. The molecule has 0 aliphatic carbocycles. The highest BCUT2D eigenvalue weighted by Crippen LogP contribution is 2.25. The van der Waals surface area contributed by atoms with E-state index in [1.54, 1.807) is 6.07 Å². The van der Waals surface area contributed by atoms with Crippen LogP contribution in [0.3, 0.4) is 0 Å². The number of aryl methyl sites for hydroxylation is 1. The van der Waals surface area contributed by atoms with Crippen LogP contribution in [0.2, 0.25) is 0 Å². The first-order valence-corrected chi connectivity index (χ1v) is 6.45. The molecule has 0 radical (unpaired) electrons. The van der Waals surface area contributed by atoms with Crippen LogP contribution in [-0.2, 0) is 0 Å². The summed E-state index contributed by atoms with van der Waals surface area (Å²) < 4.78 is 13.4. The van der Waals surface area contributed by atoms with Gasteiger partial charge in [0.2, 0.25) is 0 Å². The van der Waals surface area contributed by atoms with Crippen LogP contribution < -0.4 is 5.32 Å². The van der Waals surface area contributed by atoms with Gasteiger partial charge in [-0.3, -0.25) is 4.98 Å². The van der Waals surface area contributed by atoms with Crippen molar-refractivity contribution in [3.05, 3.63) is 35.8 Å². The first kappa shape index (κ1) is 13.7. The maximum atomic E-state index is 13.4. The van der Waals surface area contributed by atoms with E-state index in [1.165, 1.54) is 12.1 Å². The monoisotopic (exact) mass is 262 g/mol. The zero-order valence-electron chi connectivity index (χ0n) is 11.4. The summed E-state index contributed by atoms with van der Waals surface area (Å²) >= 11 is 0. The number of rotatable bonds is 4. The van der Waals surface area contributed by atoms with E-state index >= 15 is 0 Å². The summed E-state index contributed by atoms with van der Waals surface area (Å²) in [5.41, 5.74) is 2.43. The number of anilines is 1. The van der Waals surface area contributed by atoms with Crippen LogP contribution in [0.25, 0.3) is 10.9 Å². The van der Waals surface area contributed by atoms with Crippen molar-refractivity contribution < 1.29 is 9.50 Å². The number of benzene rings is 1. The Hall–Kier alpha value is -1.68. The lowest BCUT2D eigenvalue weighted by Gasteiger charge is -2.22. The molecule has 0 unspecified atom stereocenters. The molecule has 0 spiro atoms. The summed E-state index contributed by atoms with van der Waals surface area (Å²) in [5, 5.41) is 13.4. The van der Waals surface area contributed by atoms with Crippen LogP contribution in [-0.4, -0.2) is 22.7 Å². The van der Waals surface area contributed by atoms with Gasteiger partial charge in [0.15, 0.2) is 0 Å². The molecule has 0 bridgehead atoms. The molecule has 4 heteroatoms. The maximum absolute atomic E-state index is 13.4. The number of nitrogens with one attached hydrogen (secondary N) is 1. The molecule has 0 aliphatic rings. The number of pyridine rings is 1. The van der Waals surface area contributed by atoms with Crippen molar-refractivity contribution in [2.24, 2.45) is 5.92 Å². The maximum Gasteiger partial charge on any atom is 0.124 e. The van der Waals surface area contributed by atoms with Gasteiger partial charge in [-0.2, -0.15) is 0 Å². The fourth-order valence-electron chi connectivity index (χ4n) is 2.07. The van der Waals surface area contributed by atoms with Crippen molar-refractivity contribution in [1.82, 2.24) is 4.98 Å². The van der Waals surface area contributed by atoms with Gasteiger partial charge in [-0.15, -0.1) is 0 Å². The second kappa shape index (κ2) is 5.53. The van der Waals surface area contributed by atoms with E-state index in [-0.39, 0.29) is 24.4 Å². The number of hydrogen-bond acceptors (Lipinski definition) is 3. The summed E-state index contributed by atoms with van der Waals surface area (Å²) in [7, 11) is 0. The lowest BCUT2D eigenvalue weighted by molar-refractivity contribution is 0.249. The molecular weight excluding hydrogens is 243 g/mol. The zero-order chi connectivity index (χ0) is 14.0. The molecule has 3 nitrogen and oxygen atoms in total. The highest BCUT2D eigenvalue weighted by Gasteiger charge is 2.14. The molecule has 0 fully saturated rings. The molecule has 102 valence electrons. The number of nitrogens with zero attached hydrogens (tertiary/aromatic N) is 1. The Kier molecular flexibility index (Phi) is 4.00. The van der Waals surface area contributed by atoms with Gasteiger partial charge in [-0.05, 0) is 37.1 Å². The number of aliphatic hydroxyl groups is 1. The molecule has 0 saturated heterocycles. The van der Waals surface area contributed by atoms with Crippen LogP contribution in [0.1, 0.15) is 19.5 Å². The van der Waals surface area contributed by atoms with Crippen LogP contribution in [0.4, 0.5) is 10.1 Å². The third-order valence-corrected chi connectivity index (χ3v) is 3.24. The summed E-state index contributed by atoms with van der Waals surface area (Å²) in [4.78, 5) is 4.39. The minimum Gasteiger partial charge on any atom is -0.394 e. The molecular formula is C15H19FN2O. The average molecular weight is 262 g/mol. The third-order valence-electron chi connectivity index (χ3n) is 3.24. The van der Waals surface area contributed by atoms with E-state index in [0.29, 0.717) is 0 Å². The Morgan fingerprint density at radius 1 is 1.32 bits per heavy atom. The van der Waals surface area contributed by atoms with Crippen molar-refractivity contribution in [2.75, 3.05) is 11.9 Å². The molecule has 19 heavy (non-hydrogen) atoms. The topological polar surface area (TPSA) is 45.1 Å². The van der Waals surface area contributed by atoms with Gasteiger partial charge in [0, 0.05) is 16.8 Å². The highest BCUT2D eigenvalue weighted by atomic mass is 19.1. The molecule has 0 amide bonds. The number of aliphatic hydroxyl groups excluding tert-OH is 1. The summed E-state index contributed by atoms with van der Waals surface area (Å²) in [6.45, 7) is 6.00. The smallest absolute Gasteiger partial charge is 0.124 e. The zero-order valence-corrected chi connectivity index (χ0v) is 11.4. The Balaban J connectivity index is 2.49. The molecule has 1 atom stereocenters. The second-order valence-electron chi connectivity index (χ2n) is 5.15. The number of hydrogen-bond donors (Lipinski definition) is 2. The Labute approximate surface area is 112 Å². The Bertz CT molecular complexity index is 584. The Morgan fingerprint density at radius 3 is 2.68 bits per heavy atom. The molecule has 2 N–H and O–H groups in total. The number of fused-ring (bicyclic) bond motifs is 1. The molecule has 0 aliphatic heterocycles. The van der Waals surface area contributed by atoms with Gasteiger partial charge in [-0.1, -0.05) is 13.8 Å². The molecule has 1 aromatic heterocycles. The first-order valence-electron chi connectivity index (χ1n) is 6.45. The van der Waals surface area contributed by atoms with Crippen molar-refractivity contribution in [1.29, 1.82) is 0 Å². The van der Waals surface area contributed by atoms with Crippen LogP contribution in [0.5, 0.6) is 0 Å². The fourth-order valence-corrected chi connectivity index (χ4v) is 2.07. The number of halogens is 1. The van der Waals surface area contributed by atoms with Crippen molar-refractivity contribution >= 4 is 16.6 Å². The summed E-state index contributed by atoms with van der Waals surface area (Å²) in [5.74, 6) is -0.00613. The van der Waals surface area contributed by atoms with Gasteiger partial charge in [0.25, 0.3) is 0 Å². The van der Waals surface area contributed by atoms with E-state index in [9.17, 15) is 9.50 Å². The summed E-state index contributed by atoms with van der Waals surface area (Å²) in [6, 6.07) is 6.37. The van der Waals surface area contributed by atoms with Crippen molar-refractivity contribution in [3.63, 3.8) is 0 Å². The van der Waals surface area contributed by atoms with Crippen molar-refractivity contribution in [2.45, 2.75) is 26.8 Å². The van der Waals surface area contributed by atoms with Gasteiger partial charge < -0.3 is 10.4 Å². The minimum absolute atomic E-state index is 0.0375. The van der Waals surface area contributed by atoms with E-state index in [2.05, 4.69) is 10.3 Å². The molecule has 1 aromatic carbocycles. The quantitative estimate of drug-likeness (QED) is 0.890. The highest BCUT2D eigenvalue weighted by molar-refractivity contribution is 5.91. The van der Waals surface area contributed by atoms with E-state index in [1.807, 2.05) is 26.8 Å². The third kappa shape index (κ3) is 3.01. The predicted molar refractivity (Wildman–Crippen MR) is 75.8 cm³/mol. The van der Waals surface area contributed by atoms with Crippen molar-refractivity contribution in [3.8, 4) is 0 Å². The number of aromatic nitrogens is 1. The van der Waals surface area contributed by atoms with Crippen LogP contribution >= 0.6 is 0 Å². The molecule has 0 saturated carbocycles. The second-order valence-corrected chi connectivity index (χ2v) is 5.15. The minimum atomic E-state index is -0.286. The van der Waals surface area contributed by atoms with Gasteiger partial charge in [-0.25, -0.2) is 4.39 Å². The van der Waals surface area contributed by atoms with E-state index < -0.39 is 0 Å². The molecule has 1 heterocycles. The fraction of sp³-hybridized carbons (Fsp3) is 0.400. The van der Waals surface area contributed by atoms with E-state index in [0.717, 1.165) is 22.3 Å². The molecule has 2 aromatic rings. The standard InChI is InChI=1S/C15H19FN2O/c1-9(2)15(8-19)18-14-6-10(3)17-13-5-4-11(16)7-12(13)14/h4-7,9,15,19H,8H2,1-3H3,(H,17,18)/t15-/m1/s1. The Morgan fingerprint density at radius 2 is 2.05 bits per heavy atom. The first-order chi connectivity index (χ1) is 9.01. The van der Waals surface area contributed by atoms with Gasteiger partial charge in [0.05, 0.1) is 18.2 Å². The lowest BCUT2D eigenvalue weighted by Crippen LogP contribution is -2.29.